The molecule has 7 nitrogen and oxygen atoms in total. The molecule has 0 aliphatic rings. The zero-order valence-electron chi connectivity index (χ0n) is 30.4. The highest BCUT2D eigenvalue weighted by Gasteiger charge is 2.27. The third-order valence-electron chi connectivity index (χ3n) is 8.80. The number of halogens is 2. The summed E-state index contributed by atoms with van der Waals surface area (Å²) in [5.41, 5.74) is 12.8. The van der Waals surface area contributed by atoms with Crippen LogP contribution in [0.3, 0.4) is 0 Å². The molecule has 0 saturated carbocycles. The second-order valence-electron chi connectivity index (χ2n) is 13.0. The summed E-state index contributed by atoms with van der Waals surface area (Å²) in [5, 5.41) is 3.35. The number of nitrogens with two attached hydrogens (primary N) is 1. The second kappa shape index (κ2) is 18.7. The molecular weight excluding hydrogens is 693 g/mol. The van der Waals surface area contributed by atoms with E-state index < -0.39 is 41.8 Å². The molecule has 276 valence electrons. The number of hydrogen-bond donors (Lipinski definition) is 2. The van der Waals surface area contributed by atoms with Gasteiger partial charge in [-0.15, -0.1) is 11.8 Å². The van der Waals surface area contributed by atoms with Crippen molar-refractivity contribution >= 4 is 23.7 Å². The first-order chi connectivity index (χ1) is 25.5. The van der Waals surface area contributed by atoms with Gasteiger partial charge in [-0.1, -0.05) is 68.4 Å². The number of carbonyl (C=O) groups excluding carboxylic acids is 2. The molecule has 0 fully saturated rings. The summed E-state index contributed by atoms with van der Waals surface area (Å²) >= 11 is 1.57. The lowest BCUT2D eigenvalue weighted by Crippen LogP contribution is -2.46. The molecule has 0 aliphatic carbocycles. The highest BCUT2D eigenvalue weighted by molar-refractivity contribution is 7.99. The maximum atomic E-state index is 14.1. The predicted molar refractivity (Wildman–Crippen MR) is 205 cm³/mol. The standard InChI is InChI=1S/C43H45F2N3O4S/c1-5-29-11-9-12-30(16-29)23-47-26-40(39(46)19-31-17-35(44)22-36(45)18-31)51-42(49)33-15-27(3)14-32(20-33)41(38-13-8-7-10-28(38)4)52-43(50)34-21-37(53-6-2)25-48-24-34/h7-18,20-22,24-25,39-41,47H,5-6,19,23,26,46H2,1-4H3/t39-,40+,41?/m0/s1. The van der Waals surface area contributed by atoms with E-state index in [1.54, 1.807) is 36.2 Å². The van der Waals surface area contributed by atoms with Crippen molar-refractivity contribution in [2.45, 2.75) is 70.2 Å². The Bertz CT molecular complexity index is 2020. The van der Waals surface area contributed by atoms with Gasteiger partial charge >= 0.3 is 11.9 Å². The van der Waals surface area contributed by atoms with Crippen molar-refractivity contribution in [3.8, 4) is 0 Å². The zero-order chi connectivity index (χ0) is 37.9. The maximum Gasteiger partial charge on any atom is 0.340 e. The Kier molecular flexibility index (Phi) is 13.9. The quantitative estimate of drug-likeness (QED) is 0.0768. The van der Waals surface area contributed by atoms with Gasteiger partial charge in [-0.3, -0.25) is 4.98 Å². The Morgan fingerprint density at radius 3 is 2.28 bits per heavy atom. The second-order valence-corrected chi connectivity index (χ2v) is 14.3. The maximum absolute atomic E-state index is 14.1. The van der Waals surface area contributed by atoms with Gasteiger partial charge in [0.05, 0.1) is 11.1 Å². The van der Waals surface area contributed by atoms with Crippen LogP contribution in [0.2, 0.25) is 0 Å². The number of carbonyl (C=O) groups is 2. The van der Waals surface area contributed by atoms with Gasteiger partial charge in [-0.2, -0.15) is 0 Å². The van der Waals surface area contributed by atoms with Crippen molar-refractivity contribution in [3.63, 3.8) is 0 Å². The van der Waals surface area contributed by atoms with Gasteiger partial charge in [-0.25, -0.2) is 18.4 Å². The van der Waals surface area contributed by atoms with Crippen molar-refractivity contribution in [1.29, 1.82) is 0 Å². The number of aromatic nitrogens is 1. The summed E-state index contributed by atoms with van der Waals surface area (Å²) in [6, 6.07) is 25.2. The van der Waals surface area contributed by atoms with Crippen LogP contribution in [-0.2, 0) is 28.9 Å². The minimum absolute atomic E-state index is 0.0663. The molecule has 0 saturated heterocycles. The third-order valence-corrected chi connectivity index (χ3v) is 9.64. The first-order valence-corrected chi connectivity index (χ1v) is 18.7. The fraction of sp³-hybridized carbons (Fsp3) is 0.279. The Balaban J connectivity index is 1.42. The molecule has 1 unspecified atom stereocenters. The fourth-order valence-electron chi connectivity index (χ4n) is 6.16. The number of nitrogens with one attached hydrogen (secondary N) is 1. The van der Waals surface area contributed by atoms with Crippen molar-refractivity contribution in [1.82, 2.24) is 10.3 Å². The molecule has 3 N–H and O–H groups in total. The van der Waals surface area contributed by atoms with Crippen LogP contribution >= 0.6 is 11.8 Å². The van der Waals surface area contributed by atoms with E-state index >= 15 is 0 Å². The molecule has 0 aliphatic heterocycles. The summed E-state index contributed by atoms with van der Waals surface area (Å²) in [5.74, 6) is -1.79. The summed E-state index contributed by atoms with van der Waals surface area (Å²) in [6.45, 7) is 8.57. The van der Waals surface area contributed by atoms with Crippen LogP contribution in [0.5, 0.6) is 0 Å². The average Bonchev–Trinajstić information content (AvgIpc) is 3.13. The molecule has 5 aromatic rings. The first-order valence-electron chi connectivity index (χ1n) is 17.7. The lowest BCUT2D eigenvalue weighted by atomic mass is 9.94. The molecule has 0 bridgehead atoms. The van der Waals surface area contributed by atoms with E-state index in [9.17, 15) is 18.4 Å². The number of ether oxygens (including phenoxy) is 2. The molecule has 4 aromatic carbocycles. The smallest absolute Gasteiger partial charge is 0.340 e. The molecule has 53 heavy (non-hydrogen) atoms. The summed E-state index contributed by atoms with van der Waals surface area (Å²) in [4.78, 5) is 32.6. The van der Waals surface area contributed by atoms with Gasteiger partial charge in [0.1, 0.15) is 17.7 Å². The van der Waals surface area contributed by atoms with Crippen LogP contribution in [0, 0.1) is 25.5 Å². The molecule has 5 rings (SSSR count). The Morgan fingerprint density at radius 2 is 1.55 bits per heavy atom. The lowest BCUT2D eigenvalue weighted by Gasteiger charge is -2.26. The molecular formula is C43H45F2N3O4S. The molecule has 1 aromatic heterocycles. The van der Waals surface area contributed by atoms with Crippen molar-refractivity contribution < 1.29 is 27.8 Å². The number of thioether (sulfide) groups is 1. The largest absolute Gasteiger partial charge is 0.456 e. The van der Waals surface area contributed by atoms with E-state index in [2.05, 4.69) is 29.4 Å². The number of pyridine rings is 1. The van der Waals surface area contributed by atoms with E-state index in [0.717, 1.165) is 45.4 Å². The number of hydrogen-bond acceptors (Lipinski definition) is 8. The van der Waals surface area contributed by atoms with Crippen LogP contribution in [0.4, 0.5) is 8.78 Å². The topological polar surface area (TPSA) is 104 Å². The summed E-state index contributed by atoms with van der Waals surface area (Å²) < 4.78 is 40.4. The van der Waals surface area contributed by atoms with E-state index in [-0.39, 0.29) is 18.5 Å². The number of aryl methyl sites for hydroxylation is 3. The van der Waals surface area contributed by atoms with Crippen LogP contribution in [0.1, 0.15) is 79.6 Å². The molecule has 3 atom stereocenters. The van der Waals surface area contributed by atoms with Gasteiger partial charge in [0.2, 0.25) is 0 Å². The minimum Gasteiger partial charge on any atom is -0.456 e. The monoisotopic (exact) mass is 737 g/mol. The van der Waals surface area contributed by atoms with Crippen LogP contribution in [-0.4, -0.2) is 41.4 Å². The van der Waals surface area contributed by atoms with Crippen molar-refractivity contribution in [2.75, 3.05) is 12.3 Å². The van der Waals surface area contributed by atoms with Gasteiger partial charge in [0.25, 0.3) is 0 Å². The Hall–Kier alpha value is -4.90. The van der Waals surface area contributed by atoms with E-state index in [1.165, 1.54) is 23.9 Å². The molecule has 0 amide bonds. The lowest BCUT2D eigenvalue weighted by molar-refractivity contribution is 0.0237. The number of esters is 2. The van der Waals surface area contributed by atoms with Crippen LogP contribution in [0.15, 0.2) is 108 Å². The number of nitrogens with zero attached hydrogens (tertiary/aromatic N) is 1. The van der Waals surface area contributed by atoms with E-state index in [4.69, 9.17) is 15.2 Å². The van der Waals surface area contributed by atoms with Crippen LogP contribution in [0.25, 0.3) is 0 Å². The SMILES string of the molecule is CCSc1cncc(C(=O)OC(c2cc(C)cc(C(=O)O[C@H](CNCc3cccc(CC)c3)[C@@H](N)Cc3cc(F)cc(F)c3)c2)c2ccccc2C)c1. The highest BCUT2D eigenvalue weighted by atomic mass is 32.2. The van der Waals surface area contributed by atoms with E-state index in [1.807, 2.05) is 63.2 Å². The van der Waals surface area contributed by atoms with E-state index in [0.29, 0.717) is 23.2 Å². The third kappa shape index (κ3) is 11.1. The van der Waals surface area contributed by atoms with Gasteiger partial charge < -0.3 is 20.5 Å². The fourth-order valence-corrected chi connectivity index (χ4v) is 6.84. The van der Waals surface area contributed by atoms with Gasteiger partial charge in [0, 0.05) is 42.5 Å². The number of benzene rings is 4. The Morgan fingerprint density at radius 1 is 0.811 bits per heavy atom. The van der Waals surface area contributed by atoms with Crippen molar-refractivity contribution in [3.05, 3.63) is 165 Å². The molecule has 1 heterocycles. The van der Waals surface area contributed by atoms with Crippen molar-refractivity contribution in [2.24, 2.45) is 5.73 Å². The zero-order valence-corrected chi connectivity index (χ0v) is 31.2. The molecule has 10 heteroatoms. The Labute approximate surface area is 314 Å². The predicted octanol–water partition coefficient (Wildman–Crippen LogP) is 8.48. The highest BCUT2D eigenvalue weighted by Crippen LogP contribution is 2.32. The summed E-state index contributed by atoms with van der Waals surface area (Å²) in [7, 11) is 0. The summed E-state index contributed by atoms with van der Waals surface area (Å²) in [6.07, 6.45) is 2.44. The minimum atomic E-state index is -0.863. The van der Waals surface area contributed by atoms with Crippen LogP contribution < -0.4 is 11.1 Å². The van der Waals surface area contributed by atoms with Gasteiger partial charge in [-0.05, 0) is 102 Å². The number of rotatable bonds is 16. The molecule has 0 spiro atoms. The average molecular weight is 738 g/mol. The van der Waals surface area contributed by atoms with Gasteiger partial charge in [0.15, 0.2) is 6.10 Å². The molecule has 0 radical (unpaired) electrons. The first kappa shape index (κ1) is 39.3. The normalized spacial score (nSPS) is 12.9.